The van der Waals surface area contributed by atoms with E-state index in [-0.39, 0.29) is 24.7 Å². The Morgan fingerprint density at radius 2 is 1.71 bits per heavy atom. The predicted octanol–water partition coefficient (Wildman–Crippen LogP) is 5.16. The second-order valence-corrected chi connectivity index (χ2v) is 8.00. The van der Waals surface area contributed by atoms with Crippen molar-refractivity contribution in [2.24, 2.45) is 0 Å². The summed E-state index contributed by atoms with van der Waals surface area (Å²) < 4.78 is 13.4. The molecule has 1 heterocycles. The zero-order valence-corrected chi connectivity index (χ0v) is 18.5. The van der Waals surface area contributed by atoms with E-state index in [1.165, 1.54) is 12.1 Å². The topological polar surface area (TPSA) is 92.2 Å². The third kappa shape index (κ3) is 5.81. The van der Waals surface area contributed by atoms with E-state index in [0.717, 1.165) is 17.0 Å². The number of nitrogens with zero attached hydrogens (tertiary/aromatic N) is 2. The van der Waals surface area contributed by atoms with Crippen molar-refractivity contribution in [2.75, 3.05) is 0 Å². The molecule has 0 spiro atoms. The van der Waals surface area contributed by atoms with E-state index in [4.69, 9.17) is 15.1 Å². The van der Waals surface area contributed by atoms with Crippen LogP contribution in [0.4, 0.5) is 4.39 Å². The fourth-order valence-electron chi connectivity index (χ4n) is 3.73. The first-order valence-corrected chi connectivity index (χ1v) is 11.1. The third-order valence-corrected chi connectivity index (χ3v) is 5.44. The van der Waals surface area contributed by atoms with Gasteiger partial charge in [-0.25, -0.2) is 14.4 Å². The molecule has 0 aliphatic carbocycles. The van der Waals surface area contributed by atoms with Gasteiger partial charge < -0.3 is 10.4 Å². The number of carbonyl (C=O) groups is 2. The molecule has 0 aliphatic heterocycles. The number of unbranched alkanes of at least 4 members (excludes halogenated alkanes) is 1. The van der Waals surface area contributed by atoms with E-state index in [9.17, 15) is 14.0 Å². The maximum Gasteiger partial charge on any atom is 0.303 e. The van der Waals surface area contributed by atoms with Crippen molar-refractivity contribution in [2.45, 2.75) is 32.2 Å². The van der Waals surface area contributed by atoms with Crippen LogP contribution < -0.4 is 5.32 Å². The van der Waals surface area contributed by atoms with Crippen LogP contribution in [0.2, 0.25) is 0 Å². The third-order valence-electron chi connectivity index (χ3n) is 5.44. The summed E-state index contributed by atoms with van der Waals surface area (Å²) in [5.41, 5.74) is 4.81. The van der Waals surface area contributed by atoms with Crippen LogP contribution in [0.25, 0.3) is 22.3 Å². The van der Waals surface area contributed by atoms with Crippen LogP contribution in [0.1, 0.15) is 40.9 Å². The molecule has 7 heteroatoms. The normalized spacial score (nSPS) is 10.9. The molecule has 0 saturated heterocycles. The number of rotatable bonds is 9. The van der Waals surface area contributed by atoms with E-state index in [1.54, 1.807) is 30.3 Å². The van der Waals surface area contributed by atoms with E-state index >= 15 is 0 Å². The Bertz CT molecular complexity index is 1330. The van der Waals surface area contributed by atoms with Crippen LogP contribution >= 0.6 is 0 Å². The average molecular weight is 458 g/mol. The standard InChI is InChI=1S/C27H24FN3O3/c28-21-10-6-7-18(15-21)17-29-27(34)20-13-14-22-24(16-20)30-23(11-4-5-12-25(32)33)26(31-22)19-8-2-1-3-9-19/h1-3,6-10,13-16H,4-5,11-12,17H2,(H,29,34)(H,32,33). The van der Waals surface area contributed by atoms with E-state index < -0.39 is 5.97 Å². The first-order chi connectivity index (χ1) is 16.5. The molecular formula is C27H24FN3O3. The van der Waals surface area contributed by atoms with Crippen molar-refractivity contribution in [3.05, 3.63) is 95.4 Å². The number of amides is 1. The number of nitrogens with one attached hydrogen (secondary N) is 1. The SMILES string of the molecule is O=C(O)CCCCc1nc2cc(C(=O)NCc3cccc(F)c3)ccc2nc1-c1ccccc1. The summed E-state index contributed by atoms with van der Waals surface area (Å²) in [5, 5.41) is 11.7. The molecule has 3 aromatic carbocycles. The summed E-state index contributed by atoms with van der Waals surface area (Å²) in [5.74, 6) is -1.46. The summed E-state index contributed by atoms with van der Waals surface area (Å²) in [6.07, 6.45) is 1.90. The number of carboxylic acid groups (broad SMARTS) is 1. The summed E-state index contributed by atoms with van der Waals surface area (Å²) in [4.78, 5) is 33.1. The molecule has 2 N–H and O–H groups in total. The van der Waals surface area contributed by atoms with Gasteiger partial charge in [0.1, 0.15) is 5.82 Å². The van der Waals surface area contributed by atoms with Gasteiger partial charge in [0.25, 0.3) is 5.91 Å². The smallest absolute Gasteiger partial charge is 0.303 e. The zero-order valence-electron chi connectivity index (χ0n) is 18.5. The Morgan fingerprint density at radius 1 is 0.882 bits per heavy atom. The highest BCUT2D eigenvalue weighted by Crippen LogP contribution is 2.25. The fourth-order valence-corrected chi connectivity index (χ4v) is 3.73. The number of fused-ring (bicyclic) bond motifs is 1. The first kappa shape index (κ1) is 23.0. The number of carbonyl (C=O) groups excluding carboxylic acids is 1. The van der Waals surface area contributed by atoms with Gasteiger partial charge in [0.15, 0.2) is 0 Å². The van der Waals surface area contributed by atoms with Gasteiger partial charge in [-0.15, -0.1) is 0 Å². The van der Waals surface area contributed by atoms with Gasteiger partial charge in [-0.2, -0.15) is 0 Å². The molecule has 0 aliphatic rings. The highest BCUT2D eigenvalue weighted by atomic mass is 19.1. The van der Waals surface area contributed by atoms with Gasteiger partial charge in [0.2, 0.25) is 0 Å². The second-order valence-electron chi connectivity index (χ2n) is 8.00. The Morgan fingerprint density at radius 3 is 2.47 bits per heavy atom. The monoisotopic (exact) mass is 457 g/mol. The number of hydrogen-bond acceptors (Lipinski definition) is 4. The maximum absolute atomic E-state index is 13.4. The van der Waals surface area contributed by atoms with Gasteiger partial charge >= 0.3 is 5.97 Å². The molecule has 0 bridgehead atoms. The molecule has 172 valence electrons. The number of aryl methyl sites for hydroxylation is 1. The van der Waals surface area contributed by atoms with E-state index in [0.29, 0.717) is 41.4 Å². The van der Waals surface area contributed by atoms with Gasteiger partial charge in [-0.05, 0) is 55.2 Å². The number of carboxylic acids is 1. The largest absolute Gasteiger partial charge is 0.481 e. The van der Waals surface area contributed by atoms with Crippen molar-refractivity contribution >= 4 is 22.9 Å². The molecule has 0 atom stereocenters. The lowest BCUT2D eigenvalue weighted by Gasteiger charge is -2.11. The predicted molar refractivity (Wildman–Crippen MR) is 128 cm³/mol. The van der Waals surface area contributed by atoms with Crippen LogP contribution in [0.5, 0.6) is 0 Å². The van der Waals surface area contributed by atoms with Gasteiger partial charge in [-0.1, -0.05) is 42.5 Å². The quantitative estimate of drug-likeness (QED) is 0.339. The lowest BCUT2D eigenvalue weighted by molar-refractivity contribution is -0.137. The summed E-state index contributed by atoms with van der Waals surface area (Å²) in [7, 11) is 0. The van der Waals surface area contributed by atoms with E-state index in [1.807, 2.05) is 30.3 Å². The summed E-state index contributed by atoms with van der Waals surface area (Å²) in [6, 6.07) is 21.0. The van der Waals surface area contributed by atoms with Crippen LogP contribution in [0.3, 0.4) is 0 Å². The van der Waals surface area contributed by atoms with Crippen LogP contribution in [0.15, 0.2) is 72.8 Å². The van der Waals surface area contributed by atoms with Gasteiger partial charge in [0, 0.05) is 24.1 Å². The zero-order chi connectivity index (χ0) is 23.9. The summed E-state index contributed by atoms with van der Waals surface area (Å²) >= 11 is 0. The van der Waals surface area contributed by atoms with Crippen molar-refractivity contribution in [3.8, 4) is 11.3 Å². The molecule has 1 aromatic heterocycles. The minimum Gasteiger partial charge on any atom is -0.481 e. The number of halogens is 1. The summed E-state index contributed by atoms with van der Waals surface area (Å²) in [6.45, 7) is 0.210. The van der Waals surface area contributed by atoms with Crippen molar-refractivity contribution in [3.63, 3.8) is 0 Å². The Kier molecular flexibility index (Phi) is 7.22. The minimum atomic E-state index is -0.818. The number of aliphatic carboxylic acids is 1. The average Bonchev–Trinajstić information content (AvgIpc) is 2.85. The number of hydrogen-bond donors (Lipinski definition) is 2. The highest BCUT2D eigenvalue weighted by Gasteiger charge is 2.14. The number of aromatic nitrogens is 2. The Labute approximate surface area is 196 Å². The van der Waals surface area contributed by atoms with Crippen molar-refractivity contribution < 1.29 is 19.1 Å². The Balaban J connectivity index is 1.59. The lowest BCUT2D eigenvalue weighted by Crippen LogP contribution is -2.22. The van der Waals surface area contributed by atoms with Crippen LogP contribution in [0, 0.1) is 5.82 Å². The molecule has 6 nitrogen and oxygen atoms in total. The molecular weight excluding hydrogens is 433 g/mol. The molecule has 34 heavy (non-hydrogen) atoms. The molecule has 0 unspecified atom stereocenters. The molecule has 4 aromatic rings. The molecule has 0 saturated carbocycles. The molecule has 0 radical (unpaired) electrons. The molecule has 4 rings (SSSR count). The Hall–Kier alpha value is -4.13. The van der Waals surface area contributed by atoms with Crippen molar-refractivity contribution in [1.29, 1.82) is 0 Å². The van der Waals surface area contributed by atoms with Crippen LogP contribution in [-0.4, -0.2) is 27.0 Å². The maximum atomic E-state index is 13.4. The van der Waals surface area contributed by atoms with Gasteiger partial charge in [0.05, 0.1) is 22.4 Å². The second kappa shape index (κ2) is 10.7. The molecule has 0 fully saturated rings. The first-order valence-electron chi connectivity index (χ1n) is 11.1. The molecule has 1 amide bonds. The highest BCUT2D eigenvalue weighted by molar-refractivity contribution is 5.97. The van der Waals surface area contributed by atoms with Crippen molar-refractivity contribution in [1.82, 2.24) is 15.3 Å². The number of benzene rings is 3. The van der Waals surface area contributed by atoms with Gasteiger partial charge in [-0.3, -0.25) is 9.59 Å². The van der Waals surface area contributed by atoms with E-state index in [2.05, 4.69) is 5.32 Å². The fraction of sp³-hybridized carbons (Fsp3) is 0.185. The van der Waals surface area contributed by atoms with Crippen LogP contribution in [-0.2, 0) is 17.8 Å². The lowest BCUT2D eigenvalue weighted by atomic mass is 10.0. The minimum absolute atomic E-state index is 0.108.